The molecular weight excluding hydrogens is 184 g/mol. The zero-order chi connectivity index (χ0) is 11.0. The summed E-state index contributed by atoms with van der Waals surface area (Å²) in [5.74, 6) is -1.73. The first-order valence-electron chi connectivity index (χ1n) is 4.84. The van der Waals surface area contributed by atoms with Gasteiger partial charge in [-0.1, -0.05) is 0 Å². The maximum atomic E-state index is 5.77. The van der Waals surface area contributed by atoms with Gasteiger partial charge < -0.3 is 18.9 Å². The average molecular weight is 204 g/mol. The highest BCUT2D eigenvalue weighted by molar-refractivity contribution is 4.88. The van der Waals surface area contributed by atoms with E-state index < -0.39 is 11.6 Å². The summed E-state index contributed by atoms with van der Waals surface area (Å²) >= 11 is 0. The summed E-state index contributed by atoms with van der Waals surface area (Å²) < 4.78 is 22.2. The Morgan fingerprint density at radius 2 is 1.14 bits per heavy atom. The smallest absolute Gasteiger partial charge is 0.220 e. The van der Waals surface area contributed by atoms with Gasteiger partial charge in [-0.3, -0.25) is 0 Å². The molecule has 1 fully saturated rings. The molecule has 1 aliphatic rings. The van der Waals surface area contributed by atoms with Crippen molar-refractivity contribution in [3.63, 3.8) is 0 Å². The predicted octanol–water partition coefficient (Wildman–Crippen LogP) is 1.54. The fraction of sp³-hybridized carbons (Fsp3) is 1.00. The number of rotatable bonds is 2. The van der Waals surface area contributed by atoms with Crippen molar-refractivity contribution >= 4 is 0 Å². The molecule has 0 radical (unpaired) electrons. The van der Waals surface area contributed by atoms with Crippen LogP contribution in [0, 0.1) is 0 Å². The molecule has 1 heterocycles. The highest BCUT2D eigenvalue weighted by atomic mass is 16.8. The lowest BCUT2D eigenvalue weighted by Gasteiger charge is -2.50. The molecule has 0 aromatic carbocycles. The topological polar surface area (TPSA) is 36.9 Å². The minimum absolute atomic E-state index is 0.0109. The molecule has 1 aliphatic heterocycles. The van der Waals surface area contributed by atoms with Gasteiger partial charge in [0.1, 0.15) is 0 Å². The highest BCUT2D eigenvalue weighted by Gasteiger charge is 2.54. The van der Waals surface area contributed by atoms with Gasteiger partial charge in [0, 0.05) is 14.2 Å². The summed E-state index contributed by atoms with van der Waals surface area (Å²) in [6, 6.07) is 0. The van der Waals surface area contributed by atoms with Crippen molar-refractivity contribution in [1.82, 2.24) is 0 Å². The molecule has 4 heteroatoms. The summed E-state index contributed by atoms with van der Waals surface area (Å²) in [7, 11) is 3.17. The van der Waals surface area contributed by atoms with E-state index in [0.29, 0.717) is 0 Å². The molecule has 0 N–H and O–H groups in total. The number of hydrogen-bond donors (Lipinski definition) is 0. The quantitative estimate of drug-likeness (QED) is 0.683. The third-order valence-corrected chi connectivity index (χ3v) is 3.09. The second-order valence-corrected chi connectivity index (χ2v) is 3.95. The molecular formula is C10H20O4. The largest absolute Gasteiger partial charge is 0.349 e. The van der Waals surface area contributed by atoms with Crippen molar-refractivity contribution in [3.8, 4) is 0 Å². The van der Waals surface area contributed by atoms with Crippen LogP contribution in [0.5, 0.6) is 0 Å². The van der Waals surface area contributed by atoms with Crippen molar-refractivity contribution in [2.24, 2.45) is 0 Å². The van der Waals surface area contributed by atoms with Gasteiger partial charge in [0.2, 0.25) is 11.6 Å². The molecule has 0 aromatic heterocycles. The maximum absolute atomic E-state index is 5.77. The van der Waals surface area contributed by atoms with Crippen molar-refractivity contribution in [1.29, 1.82) is 0 Å². The average Bonchev–Trinajstić information content (AvgIpc) is 2.15. The van der Waals surface area contributed by atoms with Crippen LogP contribution in [0.15, 0.2) is 0 Å². The molecule has 4 atom stereocenters. The molecule has 4 unspecified atom stereocenters. The molecule has 0 amide bonds. The lowest BCUT2D eigenvalue weighted by atomic mass is 10.1. The van der Waals surface area contributed by atoms with Crippen LogP contribution in [0.1, 0.15) is 27.7 Å². The molecule has 0 aliphatic carbocycles. The van der Waals surface area contributed by atoms with Gasteiger partial charge in [-0.2, -0.15) is 0 Å². The third-order valence-electron chi connectivity index (χ3n) is 3.09. The van der Waals surface area contributed by atoms with Crippen molar-refractivity contribution < 1.29 is 18.9 Å². The molecule has 0 bridgehead atoms. The fourth-order valence-electron chi connectivity index (χ4n) is 1.58. The molecule has 14 heavy (non-hydrogen) atoms. The Bertz CT molecular complexity index is 186. The van der Waals surface area contributed by atoms with E-state index in [1.54, 1.807) is 14.2 Å². The standard InChI is InChI=1S/C10H20O4/c1-7-8(2)14-10(4,12-6)9(3,11-5)13-7/h7-8H,1-6H3. The van der Waals surface area contributed by atoms with Crippen LogP contribution >= 0.6 is 0 Å². The summed E-state index contributed by atoms with van der Waals surface area (Å²) in [5.41, 5.74) is 0. The summed E-state index contributed by atoms with van der Waals surface area (Å²) in [5, 5.41) is 0. The van der Waals surface area contributed by atoms with E-state index in [2.05, 4.69) is 0 Å². The first-order valence-corrected chi connectivity index (χ1v) is 4.84. The van der Waals surface area contributed by atoms with Crippen LogP contribution in [-0.4, -0.2) is 38.0 Å². The van der Waals surface area contributed by atoms with Gasteiger partial charge in [-0.15, -0.1) is 0 Å². The van der Waals surface area contributed by atoms with Crippen LogP contribution in [0.4, 0.5) is 0 Å². The second kappa shape index (κ2) is 3.77. The van der Waals surface area contributed by atoms with Crippen LogP contribution < -0.4 is 0 Å². The number of ether oxygens (including phenoxy) is 4. The molecule has 4 nitrogen and oxygen atoms in total. The minimum atomic E-state index is -0.867. The number of hydrogen-bond acceptors (Lipinski definition) is 4. The van der Waals surface area contributed by atoms with E-state index in [-0.39, 0.29) is 12.2 Å². The Morgan fingerprint density at radius 1 is 0.857 bits per heavy atom. The van der Waals surface area contributed by atoms with E-state index in [9.17, 15) is 0 Å². The van der Waals surface area contributed by atoms with Gasteiger partial charge in [0.05, 0.1) is 12.2 Å². The minimum Gasteiger partial charge on any atom is -0.349 e. The first-order chi connectivity index (χ1) is 6.38. The Labute approximate surface area is 85.5 Å². The molecule has 1 saturated heterocycles. The molecule has 0 spiro atoms. The van der Waals surface area contributed by atoms with Crippen LogP contribution in [0.3, 0.4) is 0 Å². The zero-order valence-corrected chi connectivity index (χ0v) is 9.79. The number of methoxy groups -OCH3 is 2. The van der Waals surface area contributed by atoms with Crippen LogP contribution in [0.2, 0.25) is 0 Å². The summed E-state index contributed by atoms with van der Waals surface area (Å²) in [6.45, 7) is 7.55. The lowest BCUT2D eigenvalue weighted by Crippen LogP contribution is -2.64. The second-order valence-electron chi connectivity index (χ2n) is 3.95. The SMILES string of the molecule is COC1(C)OC(C)C(C)OC1(C)OC. The van der Waals surface area contributed by atoms with Gasteiger partial charge >= 0.3 is 0 Å². The molecule has 0 saturated carbocycles. The fourth-order valence-corrected chi connectivity index (χ4v) is 1.58. The molecule has 1 rings (SSSR count). The Hall–Kier alpha value is -0.160. The summed E-state index contributed by atoms with van der Waals surface area (Å²) in [4.78, 5) is 0. The normalized spacial score (nSPS) is 49.3. The van der Waals surface area contributed by atoms with E-state index in [1.165, 1.54) is 0 Å². The van der Waals surface area contributed by atoms with Crippen molar-refractivity contribution in [2.75, 3.05) is 14.2 Å². The Morgan fingerprint density at radius 3 is 1.36 bits per heavy atom. The monoisotopic (exact) mass is 204 g/mol. The lowest BCUT2D eigenvalue weighted by molar-refractivity contribution is -0.443. The van der Waals surface area contributed by atoms with E-state index in [0.717, 1.165) is 0 Å². The maximum Gasteiger partial charge on any atom is 0.220 e. The van der Waals surface area contributed by atoms with Crippen LogP contribution in [-0.2, 0) is 18.9 Å². The highest BCUT2D eigenvalue weighted by Crippen LogP contribution is 2.38. The van der Waals surface area contributed by atoms with Gasteiger partial charge in [-0.05, 0) is 27.7 Å². The van der Waals surface area contributed by atoms with Gasteiger partial charge in [0.25, 0.3) is 0 Å². The zero-order valence-electron chi connectivity index (χ0n) is 9.79. The molecule has 84 valence electrons. The van der Waals surface area contributed by atoms with Crippen LogP contribution in [0.25, 0.3) is 0 Å². The predicted molar refractivity (Wildman–Crippen MR) is 51.9 cm³/mol. The first kappa shape index (κ1) is 11.9. The Kier molecular flexibility index (Phi) is 3.21. The van der Waals surface area contributed by atoms with E-state index in [1.807, 2.05) is 27.7 Å². The Balaban J connectivity index is 2.92. The third kappa shape index (κ3) is 1.67. The summed E-state index contributed by atoms with van der Waals surface area (Å²) in [6.07, 6.45) is -0.0219. The molecule has 0 aromatic rings. The van der Waals surface area contributed by atoms with E-state index in [4.69, 9.17) is 18.9 Å². The van der Waals surface area contributed by atoms with Gasteiger partial charge in [-0.25, -0.2) is 0 Å². The van der Waals surface area contributed by atoms with E-state index >= 15 is 0 Å². The van der Waals surface area contributed by atoms with Crippen molar-refractivity contribution in [2.45, 2.75) is 51.5 Å². The van der Waals surface area contributed by atoms with Gasteiger partial charge in [0.15, 0.2) is 0 Å². The van der Waals surface area contributed by atoms with Crippen molar-refractivity contribution in [3.05, 3.63) is 0 Å².